The van der Waals surface area contributed by atoms with Crippen LogP contribution in [-0.4, -0.2) is 21.6 Å². The van der Waals surface area contributed by atoms with Crippen molar-refractivity contribution < 1.29 is 14.9 Å². The second-order valence-corrected chi connectivity index (χ2v) is 5.13. The van der Waals surface area contributed by atoms with E-state index in [4.69, 9.17) is 14.9 Å². The average molecular weight is 240 g/mol. The zero-order valence-corrected chi connectivity index (χ0v) is 10.0. The van der Waals surface area contributed by atoms with Crippen LogP contribution in [-0.2, 0) is 6.61 Å². The van der Waals surface area contributed by atoms with Crippen LogP contribution < -0.4 is 4.74 Å². The Bertz CT molecular complexity index is 367. The maximum atomic E-state index is 9.08. The number of benzene rings is 1. The van der Waals surface area contributed by atoms with E-state index in [-0.39, 0.29) is 18.0 Å². The van der Waals surface area contributed by atoms with Gasteiger partial charge in [-0.2, -0.15) is 0 Å². The van der Waals surface area contributed by atoms with Gasteiger partial charge >= 0.3 is 0 Å². The van der Waals surface area contributed by atoms with Crippen molar-refractivity contribution in [3.8, 4) is 5.75 Å². The van der Waals surface area contributed by atoms with Gasteiger partial charge in [-0.1, -0.05) is 24.8 Å². The Balaban J connectivity index is 2.23. The van der Waals surface area contributed by atoms with Crippen molar-refractivity contribution in [3.05, 3.63) is 29.3 Å². The van der Waals surface area contributed by atoms with Gasteiger partial charge in [0.25, 0.3) is 0 Å². The molecule has 0 fully saturated rings. The molecule has 1 aromatic rings. The lowest BCUT2D eigenvalue weighted by Gasteiger charge is -2.29. The second kappa shape index (κ2) is 5.08. The molecule has 2 atom stereocenters. The first-order chi connectivity index (χ1) is 7.74. The van der Waals surface area contributed by atoms with Gasteiger partial charge in [0, 0.05) is 6.42 Å². The summed E-state index contributed by atoms with van der Waals surface area (Å²) in [5, 5.41) is 18.0. The van der Waals surface area contributed by atoms with Gasteiger partial charge in [-0.25, -0.2) is 0 Å². The van der Waals surface area contributed by atoms with E-state index in [9.17, 15) is 0 Å². The Labute approximate surface area is 99.4 Å². The minimum atomic E-state index is 0.0347. The highest BCUT2D eigenvalue weighted by Gasteiger charge is 2.25. The van der Waals surface area contributed by atoms with Gasteiger partial charge in [-0.15, -0.1) is 0 Å². The van der Waals surface area contributed by atoms with Crippen LogP contribution in [0.4, 0.5) is 0 Å². The van der Waals surface area contributed by atoms with E-state index >= 15 is 0 Å². The lowest BCUT2D eigenvalue weighted by molar-refractivity contribution is 0.236. The largest absolute Gasteiger partial charge is 0.479 e. The summed E-state index contributed by atoms with van der Waals surface area (Å²) in [6.07, 6.45) is 0.896. The number of fused-ring (bicyclic) bond motifs is 1. The molecule has 1 heterocycles. The first kappa shape index (κ1) is 11.8. The Kier molecular flexibility index (Phi) is 3.74. The molecule has 0 spiro atoms. The molecular weight excluding hydrogens is 224 g/mol. The monoisotopic (exact) mass is 240 g/mol. The molecule has 16 heavy (non-hydrogen) atoms. The molecule has 1 unspecified atom stereocenters. The van der Waals surface area contributed by atoms with Crippen molar-refractivity contribution in [2.24, 2.45) is 0 Å². The van der Waals surface area contributed by atoms with Crippen molar-refractivity contribution in [2.45, 2.75) is 31.3 Å². The quantitative estimate of drug-likeness (QED) is 0.794. The van der Waals surface area contributed by atoms with Crippen LogP contribution in [0, 0.1) is 0 Å². The predicted octanol–water partition coefficient (Wildman–Crippen LogP) is 2.07. The smallest absolute Gasteiger partial charge is 0.147 e. The van der Waals surface area contributed by atoms with Crippen LogP contribution in [0.5, 0.6) is 5.75 Å². The highest BCUT2D eigenvalue weighted by atomic mass is 32.2. The Morgan fingerprint density at radius 2 is 2.25 bits per heavy atom. The second-order valence-electron chi connectivity index (χ2n) is 4.01. The number of ether oxygens (including phenoxy) is 1. The molecule has 2 N–H and O–H groups in total. The van der Waals surface area contributed by atoms with E-state index in [1.807, 2.05) is 18.2 Å². The first-order valence-corrected chi connectivity index (χ1v) is 6.42. The van der Waals surface area contributed by atoms with Gasteiger partial charge in [0.05, 0.1) is 12.5 Å². The summed E-state index contributed by atoms with van der Waals surface area (Å²) in [5.41, 5.74) is 2.11. The summed E-state index contributed by atoms with van der Waals surface area (Å²) in [7, 11) is 0. The van der Waals surface area contributed by atoms with Crippen LogP contribution >= 0.6 is 11.8 Å². The summed E-state index contributed by atoms with van der Waals surface area (Å²) in [6, 6.07) is 5.78. The fourth-order valence-corrected chi connectivity index (χ4v) is 2.74. The Hall–Kier alpha value is -0.710. The van der Waals surface area contributed by atoms with Crippen molar-refractivity contribution >= 4 is 11.8 Å². The third-order valence-corrected chi connectivity index (χ3v) is 3.66. The maximum Gasteiger partial charge on any atom is 0.147 e. The van der Waals surface area contributed by atoms with Crippen LogP contribution in [0.25, 0.3) is 0 Å². The van der Waals surface area contributed by atoms with Gasteiger partial charge in [-0.3, -0.25) is 0 Å². The first-order valence-electron chi connectivity index (χ1n) is 5.37. The van der Waals surface area contributed by atoms with E-state index < -0.39 is 0 Å². The number of hydrogen-bond acceptors (Lipinski definition) is 4. The molecule has 3 nitrogen and oxygen atoms in total. The topological polar surface area (TPSA) is 49.7 Å². The SMILES string of the molecule is C[C@H]1CC(SCO)Oc2ccc(CO)cc21. The summed E-state index contributed by atoms with van der Waals surface area (Å²) in [5.74, 6) is 1.36. The average Bonchev–Trinajstić information content (AvgIpc) is 2.29. The number of aliphatic hydroxyl groups excluding tert-OH is 2. The molecular formula is C12H16O3S. The molecule has 4 heteroatoms. The van der Waals surface area contributed by atoms with Crippen molar-refractivity contribution in [1.29, 1.82) is 0 Å². The Morgan fingerprint density at radius 1 is 1.44 bits per heavy atom. The van der Waals surface area contributed by atoms with Crippen molar-refractivity contribution in [1.82, 2.24) is 0 Å². The molecule has 1 aromatic carbocycles. The molecule has 0 aromatic heterocycles. The van der Waals surface area contributed by atoms with Crippen LogP contribution in [0.2, 0.25) is 0 Å². The van der Waals surface area contributed by atoms with E-state index in [0.29, 0.717) is 5.92 Å². The molecule has 1 aliphatic rings. The van der Waals surface area contributed by atoms with Crippen LogP contribution in [0.15, 0.2) is 18.2 Å². The minimum Gasteiger partial charge on any atom is -0.479 e. The summed E-state index contributed by atoms with van der Waals surface area (Å²) >= 11 is 1.41. The van der Waals surface area contributed by atoms with E-state index in [2.05, 4.69) is 6.92 Å². The standard InChI is InChI=1S/C12H16O3S/c1-8-4-12(16-7-14)15-11-3-2-9(6-13)5-10(8)11/h2-3,5,8,12-14H,4,6-7H2,1H3/t8-,12?/m0/s1. The van der Waals surface area contributed by atoms with Crippen LogP contribution in [0.3, 0.4) is 0 Å². The predicted molar refractivity (Wildman–Crippen MR) is 64.5 cm³/mol. The normalized spacial score (nSPS) is 23.7. The molecule has 0 aliphatic carbocycles. The van der Waals surface area contributed by atoms with E-state index in [1.54, 1.807) is 0 Å². The molecule has 0 radical (unpaired) electrons. The zero-order valence-electron chi connectivity index (χ0n) is 9.22. The molecule has 0 amide bonds. The summed E-state index contributed by atoms with van der Waals surface area (Å²) in [6.45, 7) is 2.21. The zero-order chi connectivity index (χ0) is 11.5. The van der Waals surface area contributed by atoms with Gasteiger partial charge in [0.1, 0.15) is 11.2 Å². The fourth-order valence-electron chi connectivity index (χ4n) is 1.98. The third-order valence-electron chi connectivity index (χ3n) is 2.85. The maximum absolute atomic E-state index is 9.08. The highest BCUT2D eigenvalue weighted by Crippen LogP contribution is 2.39. The number of hydrogen-bond donors (Lipinski definition) is 2. The summed E-state index contributed by atoms with van der Waals surface area (Å²) in [4.78, 5) is 0. The van der Waals surface area contributed by atoms with Crippen LogP contribution in [0.1, 0.15) is 30.4 Å². The number of aliphatic hydroxyl groups is 2. The lowest BCUT2D eigenvalue weighted by Crippen LogP contribution is -2.22. The Morgan fingerprint density at radius 3 is 2.94 bits per heavy atom. The summed E-state index contributed by atoms with van der Waals surface area (Å²) < 4.78 is 5.76. The van der Waals surface area contributed by atoms with Gasteiger partial charge in [0.15, 0.2) is 0 Å². The molecule has 88 valence electrons. The van der Waals surface area contributed by atoms with E-state index in [1.165, 1.54) is 11.8 Å². The molecule has 2 rings (SSSR count). The minimum absolute atomic E-state index is 0.0347. The van der Waals surface area contributed by atoms with Crippen molar-refractivity contribution in [3.63, 3.8) is 0 Å². The molecule has 0 saturated carbocycles. The number of rotatable bonds is 3. The highest BCUT2D eigenvalue weighted by molar-refractivity contribution is 7.99. The third kappa shape index (κ3) is 2.34. The van der Waals surface area contributed by atoms with Gasteiger partial charge in [0.2, 0.25) is 0 Å². The molecule has 0 saturated heterocycles. The van der Waals surface area contributed by atoms with E-state index in [0.717, 1.165) is 23.3 Å². The number of thioether (sulfide) groups is 1. The molecule has 1 aliphatic heterocycles. The van der Waals surface area contributed by atoms with Gasteiger partial charge < -0.3 is 14.9 Å². The van der Waals surface area contributed by atoms with Gasteiger partial charge in [-0.05, 0) is 29.2 Å². The lowest BCUT2D eigenvalue weighted by atomic mass is 9.93. The fraction of sp³-hybridized carbons (Fsp3) is 0.500. The molecule has 0 bridgehead atoms. The van der Waals surface area contributed by atoms with Crippen molar-refractivity contribution in [2.75, 3.05) is 5.94 Å².